The molecule has 0 radical (unpaired) electrons. The highest BCUT2D eigenvalue weighted by molar-refractivity contribution is 7.81. The van der Waals surface area contributed by atoms with Crippen LogP contribution in [-0.2, 0) is 24.1 Å². The molecule has 0 aliphatic heterocycles. The summed E-state index contributed by atoms with van der Waals surface area (Å²) < 4.78 is 67.2. The van der Waals surface area contributed by atoms with Gasteiger partial charge in [-0.05, 0) is 67.1 Å². The van der Waals surface area contributed by atoms with Crippen molar-refractivity contribution in [2.75, 3.05) is 24.4 Å². The van der Waals surface area contributed by atoms with Gasteiger partial charge in [-0.25, -0.2) is 4.21 Å². The van der Waals surface area contributed by atoms with Crippen LogP contribution in [0.3, 0.4) is 0 Å². The lowest BCUT2D eigenvalue weighted by Crippen LogP contribution is -2.45. The predicted molar refractivity (Wildman–Crippen MR) is 148 cm³/mol. The first-order valence-electron chi connectivity index (χ1n) is 12.1. The van der Waals surface area contributed by atoms with E-state index >= 15 is 0 Å². The normalized spacial score (nSPS) is 13.6. The second kappa shape index (κ2) is 12.3. The number of anilines is 1. The van der Waals surface area contributed by atoms with E-state index in [1.165, 1.54) is 33.3 Å². The molecule has 1 aromatic heterocycles. The van der Waals surface area contributed by atoms with Crippen molar-refractivity contribution >= 4 is 37.7 Å². The molecule has 38 heavy (non-hydrogen) atoms. The predicted octanol–water partition coefficient (Wildman–Crippen LogP) is 6.84. The molecular weight excluding hydrogens is 533 g/mol. The largest absolute Gasteiger partial charge is 0.573 e. The molecule has 0 saturated carbocycles. The van der Waals surface area contributed by atoms with Crippen molar-refractivity contribution in [1.29, 1.82) is 0 Å². The Morgan fingerprint density at radius 2 is 1.63 bits per heavy atom. The quantitative estimate of drug-likeness (QED) is 0.204. The summed E-state index contributed by atoms with van der Waals surface area (Å²) in [6.45, 7) is 2.89. The number of ether oxygens (including phenoxy) is 1. The van der Waals surface area contributed by atoms with Crippen LogP contribution in [0.4, 0.5) is 18.2 Å². The minimum absolute atomic E-state index is 0.200. The molecule has 1 N–H and O–H groups in total. The molecule has 202 valence electrons. The van der Waals surface area contributed by atoms with Crippen molar-refractivity contribution < 1.29 is 26.7 Å². The fourth-order valence-corrected chi connectivity index (χ4v) is 6.41. The molecule has 2 atom stereocenters. The molecule has 0 saturated heterocycles. The van der Waals surface area contributed by atoms with Gasteiger partial charge in [0.15, 0.2) is 0 Å². The number of thiophene rings is 1. The number of benzene rings is 3. The van der Waals surface area contributed by atoms with E-state index in [4.69, 9.17) is 0 Å². The van der Waals surface area contributed by atoms with Crippen LogP contribution in [0.15, 0.2) is 78.9 Å². The molecule has 0 aliphatic carbocycles. The van der Waals surface area contributed by atoms with Crippen LogP contribution in [0, 0.1) is 6.92 Å². The standard InChI is InChI=1S/C28H29F3N2O3S2/c1-20-25-10-6-7-11-26(25)37-27(20)33(38(34)35)19-23(32(2)17-16-21-8-4-3-5-9-21)18-22-12-14-24(15-13-22)36-28(29,30)31/h3-15,23H,16-19H2,1-2H3,(H,34,35). The lowest BCUT2D eigenvalue weighted by Gasteiger charge is -2.32. The lowest BCUT2D eigenvalue weighted by atomic mass is 10.0. The highest BCUT2D eigenvalue weighted by Gasteiger charge is 2.31. The van der Waals surface area contributed by atoms with Crippen LogP contribution in [0.1, 0.15) is 16.7 Å². The number of fused-ring (bicyclic) bond motifs is 1. The van der Waals surface area contributed by atoms with E-state index in [-0.39, 0.29) is 18.3 Å². The van der Waals surface area contributed by atoms with E-state index in [2.05, 4.69) is 21.8 Å². The van der Waals surface area contributed by atoms with Gasteiger partial charge in [0.1, 0.15) is 10.8 Å². The van der Waals surface area contributed by atoms with Crippen molar-refractivity contribution in [3.8, 4) is 5.75 Å². The molecule has 0 bridgehead atoms. The Balaban J connectivity index is 1.59. The number of hydrogen-bond acceptors (Lipinski definition) is 4. The minimum Gasteiger partial charge on any atom is -0.406 e. The summed E-state index contributed by atoms with van der Waals surface area (Å²) in [4.78, 5) is 2.13. The van der Waals surface area contributed by atoms with E-state index in [9.17, 15) is 21.9 Å². The van der Waals surface area contributed by atoms with E-state index in [0.717, 1.165) is 32.6 Å². The fraction of sp³-hybridized carbons (Fsp3) is 0.286. The second-order valence-corrected chi connectivity index (χ2v) is 11.0. The lowest BCUT2D eigenvalue weighted by molar-refractivity contribution is -0.274. The third kappa shape index (κ3) is 7.35. The molecule has 3 aromatic carbocycles. The van der Waals surface area contributed by atoms with Gasteiger partial charge in [0.2, 0.25) is 0 Å². The molecule has 5 nitrogen and oxygen atoms in total. The number of hydrogen-bond donors (Lipinski definition) is 1. The number of halogens is 3. The molecule has 0 amide bonds. The highest BCUT2D eigenvalue weighted by Crippen LogP contribution is 2.38. The van der Waals surface area contributed by atoms with Crippen LogP contribution in [-0.4, -0.2) is 46.2 Å². The summed E-state index contributed by atoms with van der Waals surface area (Å²) in [5.74, 6) is -0.283. The minimum atomic E-state index is -4.75. The Morgan fingerprint density at radius 3 is 2.26 bits per heavy atom. The van der Waals surface area contributed by atoms with Crippen LogP contribution in [0.2, 0.25) is 0 Å². The summed E-state index contributed by atoms with van der Waals surface area (Å²) in [7, 11) is 1.96. The number of likely N-dealkylation sites (N-methyl/N-ethyl adjacent to an activating group) is 1. The topological polar surface area (TPSA) is 53.0 Å². The summed E-state index contributed by atoms with van der Waals surface area (Å²) in [5, 5.41) is 1.76. The zero-order valence-corrected chi connectivity index (χ0v) is 22.7. The van der Waals surface area contributed by atoms with E-state index < -0.39 is 17.6 Å². The first kappa shape index (κ1) is 28.1. The van der Waals surface area contributed by atoms with Crippen LogP contribution in [0.25, 0.3) is 10.1 Å². The van der Waals surface area contributed by atoms with Gasteiger partial charge in [0.25, 0.3) is 11.3 Å². The average Bonchev–Trinajstić information content (AvgIpc) is 3.21. The fourth-order valence-electron chi connectivity index (χ4n) is 4.40. The SMILES string of the molecule is Cc1c(N(CC(Cc2ccc(OC(F)(F)F)cc2)N(C)CCc2ccccc2)S(=O)O)sc2ccccc12. The Bertz CT molecular complexity index is 1360. The average molecular weight is 563 g/mol. The molecule has 2 unspecified atom stereocenters. The zero-order chi connectivity index (χ0) is 27.3. The Labute approximate surface area is 226 Å². The van der Waals surface area contributed by atoms with Gasteiger partial charge in [-0.15, -0.1) is 24.5 Å². The maximum absolute atomic E-state index is 12.6. The Kier molecular flexibility index (Phi) is 9.09. The highest BCUT2D eigenvalue weighted by atomic mass is 32.2. The molecule has 0 fully saturated rings. The van der Waals surface area contributed by atoms with Gasteiger partial charge in [0, 0.05) is 17.3 Å². The zero-order valence-electron chi connectivity index (χ0n) is 21.0. The van der Waals surface area contributed by atoms with Gasteiger partial charge < -0.3 is 9.64 Å². The van der Waals surface area contributed by atoms with Crippen molar-refractivity contribution in [2.24, 2.45) is 0 Å². The third-order valence-corrected chi connectivity index (χ3v) is 8.58. The van der Waals surface area contributed by atoms with Crippen LogP contribution >= 0.6 is 11.3 Å². The van der Waals surface area contributed by atoms with E-state index in [0.29, 0.717) is 13.0 Å². The Morgan fingerprint density at radius 1 is 0.974 bits per heavy atom. The van der Waals surface area contributed by atoms with Gasteiger partial charge in [-0.2, -0.15) is 0 Å². The maximum atomic E-state index is 12.6. The van der Waals surface area contributed by atoms with Crippen LogP contribution in [0.5, 0.6) is 5.75 Å². The smallest absolute Gasteiger partial charge is 0.406 e. The van der Waals surface area contributed by atoms with Gasteiger partial charge in [0.05, 0.1) is 6.54 Å². The molecule has 10 heteroatoms. The first-order valence-corrected chi connectivity index (χ1v) is 13.9. The first-order chi connectivity index (χ1) is 18.1. The summed E-state index contributed by atoms with van der Waals surface area (Å²) >= 11 is -0.800. The van der Waals surface area contributed by atoms with Crippen molar-refractivity contribution in [2.45, 2.75) is 32.2 Å². The van der Waals surface area contributed by atoms with Crippen molar-refractivity contribution in [3.63, 3.8) is 0 Å². The van der Waals surface area contributed by atoms with Crippen LogP contribution < -0.4 is 9.04 Å². The molecule has 1 heterocycles. The number of aryl methyl sites for hydroxylation is 1. The van der Waals surface area contributed by atoms with Gasteiger partial charge >= 0.3 is 6.36 Å². The summed E-state index contributed by atoms with van der Waals surface area (Å²) in [6, 6.07) is 23.5. The summed E-state index contributed by atoms with van der Waals surface area (Å²) in [5.41, 5.74) is 2.91. The second-order valence-electron chi connectivity index (χ2n) is 9.09. The number of rotatable bonds is 11. The third-order valence-electron chi connectivity index (χ3n) is 6.46. The monoisotopic (exact) mass is 562 g/mol. The van der Waals surface area contributed by atoms with Gasteiger partial charge in [-0.1, -0.05) is 60.7 Å². The Hall–Kier alpha value is -2.92. The summed E-state index contributed by atoms with van der Waals surface area (Å²) in [6.07, 6.45) is -3.50. The molecule has 4 rings (SSSR count). The molecule has 4 aromatic rings. The van der Waals surface area contributed by atoms with Gasteiger partial charge in [-0.3, -0.25) is 8.86 Å². The van der Waals surface area contributed by atoms with E-state index in [1.807, 2.05) is 56.4 Å². The number of nitrogens with zero attached hydrogens (tertiary/aromatic N) is 2. The van der Waals surface area contributed by atoms with Crippen molar-refractivity contribution in [3.05, 3.63) is 95.6 Å². The molecule has 0 aliphatic rings. The van der Waals surface area contributed by atoms with Crippen molar-refractivity contribution in [1.82, 2.24) is 4.90 Å². The number of alkyl halides is 3. The van der Waals surface area contributed by atoms with E-state index in [1.54, 1.807) is 12.1 Å². The molecular formula is C28H29F3N2O3S2. The molecule has 0 spiro atoms. The maximum Gasteiger partial charge on any atom is 0.573 e.